The van der Waals surface area contributed by atoms with Crippen molar-refractivity contribution in [3.63, 3.8) is 0 Å². The molecule has 2 aromatic rings. The minimum absolute atomic E-state index is 0.717. The average Bonchev–Trinajstić information content (AvgIpc) is 2.55. The molecule has 3 nitrogen and oxygen atoms in total. The molecule has 0 atom stereocenters. The van der Waals surface area contributed by atoms with Crippen LogP contribution in [0.3, 0.4) is 0 Å². The van der Waals surface area contributed by atoms with Crippen molar-refractivity contribution in [2.75, 3.05) is 26.8 Å². The topological polar surface area (TPSA) is 21.7 Å². The molecule has 0 saturated heterocycles. The molecule has 110 valence electrons. The number of hydrogen-bond acceptors (Lipinski definition) is 3. The van der Waals surface area contributed by atoms with Crippen LogP contribution in [-0.2, 0) is 13.0 Å². The Labute approximate surface area is 126 Å². The lowest BCUT2D eigenvalue weighted by molar-refractivity contribution is 0.194. The van der Waals surface area contributed by atoms with Crippen molar-refractivity contribution in [1.29, 1.82) is 0 Å². The Balaban J connectivity index is 1.56. The number of nitrogens with zero attached hydrogens (tertiary/aromatic N) is 1. The maximum Gasteiger partial charge on any atom is 0.123 e. The van der Waals surface area contributed by atoms with Crippen LogP contribution < -0.4 is 9.47 Å². The Morgan fingerprint density at radius 2 is 1.90 bits per heavy atom. The van der Waals surface area contributed by atoms with Crippen molar-refractivity contribution in [3.05, 3.63) is 59.7 Å². The number of methoxy groups -OCH3 is 1. The van der Waals surface area contributed by atoms with Crippen LogP contribution in [0.1, 0.15) is 11.1 Å². The van der Waals surface area contributed by atoms with Crippen LogP contribution in [0.4, 0.5) is 0 Å². The van der Waals surface area contributed by atoms with Crippen molar-refractivity contribution in [3.8, 4) is 11.5 Å². The molecule has 0 unspecified atom stereocenters. The fraction of sp³-hybridized carbons (Fsp3) is 0.333. The highest BCUT2D eigenvalue weighted by atomic mass is 16.5. The fourth-order valence-electron chi connectivity index (χ4n) is 2.80. The Morgan fingerprint density at radius 1 is 1.05 bits per heavy atom. The van der Waals surface area contributed by atoms with E-state index in [2.05, 4.69) is 17.0 Å². The molecule has 0 aromatic heterocycles. The maximum atomic E-state index is 5.78. The molecule has 1 aliphatic rings. The molecular formula is C18H21NO2. The van der Waals surface area contributed by atoms with Gasteiger partial charge in [0.2, 0.25) is 0 Å². The van der Waals surface area contributed by atoms with E-state index in [1.165, 1.54) is 11.1 Å². The van der Waals surface area contributed by atoms with Gasteiger partial charge < -0.3 is 9.47 Å². The van der Waals surface area contributed by atoms with Gasteiger partial charge in [-0.1, -0.05) is 30.3 Å². The van der Waals surface area contributed by atoms with E-state index in [9.17, 15) is 0 Å². The van der Waals surface area contributed by atoms with Gasteiger partial charge in [0.15, 0.2) is 0 Å². The van der Waals surface area contributed by atoms with Crippen molar-refractivity contribution >= 4 is 0 Å². The standard InChI is InChI=1S/C18H21NO2/c1-20-18-9-5-6-15-10-11-19(14-17(15)18)12-13-21-16-7-3-2-4-8-16/h2-9H,10-14H2,1H3. The Bertz CT molecular complexity index is 569. The van der Waals surface area contributed by atoms with Gasteiger partial charge in [-0.05, 0) is 30.2 Å². The van der Waals surface area contributed by atoms with Gasteiger partial charge in [-0.25, -0.2) is 0 Å². The highest BCUT2D eigenvalue weighted by molar-refractivity contribution is 5.41. The molecule has 1 aliphatic heterocycles. The normalized spacial score (nSPS) is 14.5. The van der Waals surface area contributed by atoms with E-state index in [1.54, 1.807) is 7.11 Å². The van der Waals surface area contributed by atoms with Gasteiger partial charge in [-0.2, -0.15) is 0 Å². The third-order valence-electron chi connectivity index (χ3n) is 3.95. The molecular weight excluding hydrogens is 262 g/mol. The van der Waals surface area contributed by atoms with Crippen LogP contribution in [0.25, 0.3) is 0 Å². The number of fused-ring (bicyclic) bond motifs is 1. The zero-order chi connectivity index (χ0) is 14.5. The minimum atomic E-state index is 0.717. The summed E-state index contributed by atoms with van der Waals surface area (Å²) < 4.78 is 11.3. The highest BCUT2D eigenvalue weighted by Crippen LogP contribution is 2.27. The Morgan fingerprint density at radius 3 is 2.71 bits per heavy atom. The maximum absolute atomic E-state index is 5.78. The second-order valence-electron chi connectivity index (χ2n) is 5.29. The lowest BCUT2D eigenvalue weighted by atomic mass is 9.99. The van der Waals surface area contributed by atoms with E-state index < -0.39 is 0 Å². The summed E-state index contributed by atoms with van der Waals surface area (Å²) in [5.74, 6) is 1.94. The smallest absolute Gasteiger partial charge is 0.123 e. The van der Waals surface area contributed by atoms with E-state index >= 15 is 0 Å². The van der Waals surface area contributed by atoms with E-state index in [0.29, 0.717) is 6.61 Å². The van der Waals surface area contributed by atoms with Gasteiger partial charge in [0.25, 0.3) is 0 Å². The minimum Gasteiger partial charge on any atom is -0.496 e. The first-order valence-corrected chi connectivity index (χ1v) is 7.42. The van der Waals surface area contributed by atoms with Gasteiger partial charge in [0, 0.05) is 25.2 Å². The van der Waals surface area contributed by atoms with Gasteiger partial charge >= 0.3 is 0 Å². The van der Waals surface area contributed by atoms with Crippen LogP contribution in [0.15, 0.2) is 48.5 Å². The highest BCUT2D eigenvalue weighted by Gasteiger charge is 2.19. The second-order valence-corrected chi connectivity index (χ2v) is 5.29. The second kappa shape index (κ2) is 6.64. The molecule has 21 heavy (non-hydrogen) atoms. The summed E-state index contributed by atoms with van der Waals surface area (Å²) >= 11 is 0. The molecule has 0 spiro atoms. The summed E-state index contributed by atoms with van der Waals surface area (Å²) in [6, 6.07) is 16.3. The van der Waals surface area contributed by atoms with E-state index in [4.69, 9.17) is 9.47 Å². The molecule has 0 saturated carbocycles. The lowest BCUT2D eigenvalue weighted by Crippen LogP contribution is -2.34. The van der Waals surface area contributed by atoms with Crippen molar-refractivity contribution in [1.82, 2.24) is 4.90 Å². The summed E-state index contributed by atoms with van der Waals surface area (Å²) in [6.45, 7) is 3.68. The summed E-state index contributed by atoms with van der Waals surface area (Å²) in [4.78, 5) is 2.42. The predicted molar refractivity (Wildman–Crippen MR) is 83.9 cm³/mol. The zero-order valence-electron chi connectivity index (χ0n) is 12.4. The van der Waals surface area contributed by atoms with Crippen molar-refractivity contribution in [2.24, 2.45) is 0 Å². The molecule has 0 aliphatic carbocycles. The van der Waals surface area contributed by atoms with Crippen molar-refractivity contribution in [2.45, 2.75) is 13.0 Å². The predicted octanol–water partition coefficient (Wildman–Crippen LogP) is 3.13. The third kappa shape index (κ3) is 3.37. The third-order valence-corrected chi connectivity index (χ3v) is 3.95. The van der Waals surface area contributed by atoms with E-state index in [0.717, 1.165) is 37.6 Å². The van der Waals surface area contributed by atoms with Crippen LogP contribution >= 0.6 is 0 Å². The SMILES string of the molecule is COc1cccc2c1CN(CCOc1ccccc1)CC2. The quantitative estimate of drug-likeness (QED) is 0.841. The largest absolute Gasteiger partial charge is 0.496 e. The van der Waals surface area contributed by atoms with E-state index in [1.807, 2.05) is 36.4 Å². The van der Waals surface area contributed by atoms with Crippen LogP contribution in [0, 0.1) is 0 Å². The first-order valence-electron chi connectivity index (χ1n) is 7.42. The van der Waals surface area contributed by atoms with Gasteiger partial charge in [-0.3, -0.25) is 4.90 Å². The van der Waals surface area contributed by atoms with Gasteiger partial charge in [0.1, 0.15) is 18.1 Å². The van der Waals surface area contributed by atoms with Gasteiger partial charge in [0.05, 0.1) is 7.11 Å². The monoisotopic (exact) mass is 283 g/mol. The molecule has 0 radical (unpaired) electrons. The number of rotatable bonds is 5. The van der Waals surface area contributed by atoms with Gasteiger partial charge in [-0.15, -0.1) is 0 Å². The molecule has 0 amide bonds. The molecule has 0 N–H and O–H groups in total. The first kappa shape index (κ1) is 14.0. The molecule has 3 rings (SSSR count). The number of ether oxygens (including phenoxy) is 2. The molecule has 2 aromatic carbocycles. The lowest BCUT2D eigenvalue weighted by Gasteiger charge is -2.29. The summed E-state index contributed by atoms with van der Waals surface area (Å²) in [7, 11) is 1.74. The molecule has 1 heterocycles. The molecule has 0 bridgehead atoms. The first-order chi connectivity index (χ1) is 10.4. The molecule has 3 heteroatoms. The Kier molecular flexibility index (Phi) is 4.41. The fourth-order valence-corrected chi connectivity index (χ4v) is 2.80. The van der Waals surface area contributed by atoms with Crippen LogP contribution in [-0.4, -0.2) is 31.7 Å². The summed E-state index contributed by atoms with van der Waals surface area (Å²) in [5, 5.41) is 0. The summed E-state index contributed by atoms with van der Waals surface area (Å²) in [6.07, 6.45) is 1.08. The van der Waals surface area contributed by atoms with Crippen molar-refractivity contribution < 1.29 is 9.47 Å². The number of benzene rings is 2. The Hall–Kier alpha value is -2.00. The van der Waals surface area contributed by atoms with Crippen LogP contribution in [0.5, 0.6) is 11.5 Å². The zero-order valence-corrected chi connectivity index (χ0v) is 12.4. The van der Waals surface area contributed by atoms with E-state index in [-0.39, 0.29) is 0 Å². The number of para-hydroxylation sites is 1. The van der Waals surface area contributed by atoms with Crippen LogP contribution in [0.2, 0.25) is 0 Å². The molecule has 0 fully saturated rings. The summed E-state index contributed by atoms with van der Waals surface area (Å²) in [5.41, 5.74) is 2.74. The number of hydrogen-bond donors (Lipinski definition) is 0. The average molecular weight is 283 g/mol.